The first-order valence-corrected chi connectivity index (χ1v) is 9.76. The fraction of sp³-hybridized carbons (Fsp3) is 0.238. The van der Waals surface area contributed by atoms with Crippen LogP contribution in [0.15, 0.2) is 53.0 Å². The van der Waals surface area contributed by atoms with E-state index in [4.69, 9.17) is 0 Å². The van der Waals surface area contributed by atoms with Gasteiger partial charge in [-0.3, -0.25) is 9.59 Å². The van der Waals surface area contributed by atoms with Crippen LogP contribution in [0, 0.1) is 0 Å². The number of nitrogens with one attached hydrogen (secondary N) is 1. The molecular weight excluding hydrogens is 406 g/mol. The van der Waals surface area contributed by atoms with E-state index in [0.717, 1.165) is 39.6 Å². The highest BCUT2D eigenvalue weighted by atomic mass is 79.9. The number of hydrogen-bond donors (Lipinski definition) is 1. The molecular formula is C21H20BrN3O2. The molecule has 3 aromatic rings. The lowest BCUT2D eigenvalue weighted by Crippen LogP contribution is -2.25. The van der Waals surface area contributed by atoms with Crippen LogP contribution in [0.5, 0.6) is 0 Å². The maximum absolute atomic E-state index is 12.7. The SMILES string of the molecule is Cn1c(C(=O)NCc2ccc(N3CCCC3=O)cc2)c(Br)c2ccccc21. The monoisotopic (exact) mass is 425 g/mol. The van der Waals surface area contributed by atoms with Gasteiger partial charge in [0, 0.05) is 43.1 Å². The lowest BCUT2D eigenvalue weighted by Gasteiger charge is -2.16. The molecule has 2 aromatic carbocycles. The minimum absolute atomic E-state index is 0.126. The van der Waals surface area contributed by atoms with Crippen LogP contribution in [0.4, 0.5) is 5.69 Å². The van der Waals surface area contributed by atoms with Gasteiger partial charge in [-0.25, -0.2) is 0 Å². The van der Waals surface area contributed by atoms with Crippen molar-refractivity contribution in [3.8, 4) is 0 Å². The standard InChI is InChI=1S/C21H20BrN3O2/c1-24-17-6-3-2-5-16(17)19(22)20(24)21(27)23-13-14-8-10-15(11-9-14)25-12-4-7-18(25)26/h2-3,5-6,8-11H,4,7,12-13H2,1H3,(H,23,27). The summed E-state index contributed by atoms with van der Waals surface area (Å²) in [4.78, 5) is 26.4. The van der Waals surface area contributed by atoms with Crippen LogP contribution < -0.4 is 10.2 Å². The smallest absolute Gasteiger partial charge is 0.269 e. The predicted octanol–water partition coefficient (Wildman–Crippen LogP) is 4.00. The molecule has 27 heavy (non-hydrogen) atoms. The van der Waals surface area contributed by atoms with E-state index in [2.05, 4.69) is 21.2 Å². The second-order valence-corrected chi connectivity index (χ2v) is 7.53. The summed E-state index contributed by atoms with van der Waals surface area (Å²) in [6, 6.07) is 15.7. The number of halogens is 1. The van der Waals surface area contributed by atoms with Gasteiger partial charge in [0.1, 0.15) is 5.69 Å². The molecule has 1 aromatic heterocycles. The Morgan fingerprint density at radius 1 is 1.15 bits per heavy atom. The highest BCUT2D eigenvalue weighted by Crippen LogP contribution is 2.30. The zero-order chi connectivity index (χ0) is 19.0. The van der Waals surface area contributed by atoms with E-state index >= 15 is 0 Å². The topological polar surface area (TPSA) is 54.3 Å². The highest BCUT2D eigenvalue weighted by molar-refractivity contribution is 9.10. The minimum Gasteiger partial charge on any atom is -0.347 e. The predicted molar refractivity (Wildman–Crippen MR) is 110 cm³/mol. The number of amides is 2. The van der Waals surface area contributed by atoms with Crippen molar-refractivity contribution in [2.75, 3.05) is 11.4 Å². The van der Waals surface area contributed by atoms with E-state index in [-0.39, 0.29) is 11.8 Å². The normalized spacial score (nSPS) is 14.1. The summed E-state index contributed by atoms with van der Waals surface area (Å²) in [5, 5.41) is 4.00. The molecule has 1 saturated heterocycles. The molecule has 1 aliphatic rings. The molecule has 1 aliphatic heterocycles. The van der Waals surface area contributed by atoms with E-state index in [0.29, 0.717) is 18.7 Å². The summed E-state index contributed by atoms with van der Waals surface area (Å²) in [7, 11) is 1.89. The lowest BCUT2D eigenvalue weighted by atomic mass is 10.2. The molecule has 0 radical (unpaired) electrons. The van der Waals surface area contributed by atoms with Gasteiger partial charge in [-0.1, -0.05) is 30.3 Å². The first-order chi connectivity index (χ1) is 13.1. The number of benzene rings is 2. The first-order valence-electron chi connectivity index (χ1n) is 8.96. The molecule has 138 valence electrons. The van der Waals surface area contributed by atoms with E-state index < -0.39 is 0 Å². The van der Waals surface area contributed by atoms with Gasteiger partial charge >= 0.3 is 0 Å². The number of carbonyl (C=O) groups excluding carboxylic acids is 2. The molecule has 0 aliphatic carbocycles. The Balaban J connectivity index is 1.47. The molecule has 2 amide bonds. The summed E-state index contributed by atoms with van der Waals surface area (Å²) < 4.78 is 2.71. The molecule has 0 atom stereocenters. The molecule has 2 heterocycles. The number of anilines is 1. The van der Waals surface area contributed by atoms with Crippen LogP contribution in [0.1, 0.15) is 28.9 Å². The summed E-state index contributed by atoms with van der Waals surface area (Å²) >= 11 is 3.56. The van der Waals surface area contributed by atoms with Crippen molar-refractivity contribution in [1.82, 2.24) is 9.88 Å². The van der Waals surface area contributed by atoms with E-state index in [9.17, 15) is 9.59 Å². The Morgan fingerprint density at radius 2 is 1.89 bits per heavy atom. The molecule has 5 nitrogen and oxygen atoms in total. The largest absolute Gasteiger partial charge is 0.347 e. The average molecular weight is 426 g/mol. The van der Waals surface area contributed by atoms with E-state index in [1.54, 1.807) is 0 Å². The molecule has 1 N–H and O–H groups in total. The van der Waals surface area contributed by atoms with Crippen molar-refractivity contribution in [3.63, 3.8) is 0 Å². The number of carbonyl (C=O) groups is 2. The third kappa shape index (κ3) is 3.25. The van der Waals surface area contributed by atoms with Crippen LogP contribution in [0.2, 0.25) is 0 Å². The quantitative estimate of drug-likeness (QED) is 0.686. The third-order valence-electron chi connectivity index (χ3n) is 5.03. The fourth-order valence-corrected chi connectivity index (χ4v) is 4.36. The van der Waals surface area contributed by atoms with Crippen molar-refractivity contribution in [3.05, 3.63) is 64.3 Å². The number of para-hydroxylation sites is 1. The summed E-state index contributed by atoms with van der Waals surface area (Å²) in [6.45, 7) is 1.21. The van der Waals surface area contributed by atoms with Crippen LogP contribution in [0.3, 0.4) is 0 Å². The van der Waals surface area contributed by atoms with Gasteiger partial charge in [-0.2, -0.15) is 0 Å². The van der Waals surface area contributed by atoms with Gasteiger partial charge in [0.25, 0.3) is 5.91 Å². The first kappa shape index (κ1) is 17.8. The van der Waals surface area contributed by atoms with Crippen molar-refractivity contribution in [1.29, 1.82) is 0 Å². The van der Waals surface area contributed by atoms with Crippen molar-refractivity contribution in [2.45, 2.75) is 19.4 Å². The van der Waals surface area contributed by atoms with Crippen molar-refractivity contribution in [2.24, 2.45) is 7.05 Å². The number of rotatable bonds is 4. The van der Waals surface area contributed by atoms with Crippen LogP contribution >= 0.6 is 15.9 Å². The molecule has 6 heteroatoms. The molecule has 4 rings (SSSR count). The zero-order valence-electron chi connectivity index (χ0n) is 15.0. The summed E-state index contributed by atoms with van der Waals surface area (Å²) in [5.41, 5.74) is 3.53. The summed E-state index contributed by atoms with van der Waals surface area (Å²) in [6.07, 6.45) is 1.54. The molecule has 0 spiro atoms. The van der Waals surface area contributed by atoms with Gasteiger partial charge in [-0.05, 0) is 46.1 Å². The van der Waals surface area contributed by atoms with Crippen molar-refractivity contribution >= 4 is 44.3 Å². The Bertz CT molecular complexity index is 985. The maximum Gasteiger partial charge on any atom is 0.269 e. The lowest BCUT2D eigenvalue weighted by molar-refractivity contribution is -0.117. The Labute approximate surface area is 166 Å². The number of aryl methyl sites for hydroxylation is 1. The second kappa shape index (κ2) is 7.19. The fourth-order valence-electron chi connectivity index (χ4n) is 3.58. The zero-order valence-corrected chi connectivity index (χ0v) is 16.6. The van der Waals surface area contributed by atoms with Gasteiger partial charge in [-0.15, -0.1) is 0 Å². The highest BCUT2D eigenvalue weighted by Gasteiger charge is 2.22. The van der Waals surface area contributed by atoms with Gasteiger partial charge in [0.15, 0.2) is 0 Å². The number of nitrogens with zero attached hydrogens (tertiary/aromatic N) is 2. The summed E-state index contributed by atoms with van der Waals surface area (Å²) in [5.74, 6) is 0.0519. The van der Waals surface area contributed by atoms with E-state index in [1.807, 2.05) is 65.0 Å². The Morgan fingerprint density at radius 3 is 2.56 bits per heavy atom. The van der Waals surface area contributed by atoms with Crippen molar-refractivity contribution < 1.29 is 9.59 Å². The number of fused-ring (bicyclic) bond motifs is 1. The molecule has 0 bridgehead atoms. The Hall–Kier alpha value is -2.60. The van der Waals surface area contributed by atoms with Crippen LogP contribution in [0.25, 0.3) is 10.9 Å². The molecule has 0 saturated carbocycles. The average Bonchev–Trinajstić information content (AvgIpc) is 3.22. The number of hydrogen-bond acceptors (Lipinski definition) is 2. The number of aromatic nitrogens is 1. The minimum atomic E-state index is -0.126. The molecule has 1 fully saturated rings. The van der Waals surface area contributed by atoms with Crippen LogP contribution in [-0.2, 0) is 18.4 Å². The molecule has 0 unspecified atom stereocenters. The third-order valence-corrected chi connectivity index (χ3v) is 5.84. The van der Waals surface area contributed by atoms with Gasteiger partial charge in [0.05, 0.1) is 4.47 Å². The van der Waals surface area contributed by atoms with Gasteiger partial charge < -0.3 is 14.8 Å². The van der Waals surface area contributed by atoms with E-state index in [1.165, 1.54) is 0 Å². The second-order valence-electron chi connectivity index (χ2n) is 6.74. The van der Waals surface area contributed by atoms with Gasteiger partial charge in [0.2, 0.25) is 5.91 Å². The van der Waals surface area contributed by atoms with Crippen LogP contribution in [-0.4, -0.2) is 22.9 Å². The maximum atomic E-state index is 12.7. The Kier molecular flexibility index (Phi) is 4.74.